The van der Waals surface area contributed by atoms with Crippen LogP contribution in [0.2, 0.25) is 10.0 Å². The van der Waals surface area contributed by atoms with E-state index in [1.807, 2.05) is 6.07 Å². The number of halogens is 2. The Bertz CT molecular complexity index is 1150. The molecule has 0 spiro atoms. The number of nitrogens with zero attached hydrogens (tertiary/aromatic N) is 4. The number of hydrogen-bond acceptors (Lipinski definition) is 8. The van der Waals surface area contributed by atoms with Gasteiger partial charge in [-0.15, -0.1) is 0 Å². The van der Waals surface area contributed by atoms with Crippen molar-refractivity contribution in [2.45, 2.75) is 18.8 Å². The Labute approximate surface area is 206 Å². The van der Waals surface area contributed by atoms with Crippen molar-refractivity contribution in [1.29, 1.82) is 0 Å². The van der Waals surface area contributed by atoms with E-state index in [0.717, 1.165) is 18.5 Å². The van der Waals surface area contributed by atoms with Crippen LogP contribution in [0.1, 0.15) is 34.8 Å². The number of anilines is 4. The standard InChI is InChI=1S/C23H24Cl2N6O3/c24-16-2-1-3-17(25)21(16)22(34)27-15-6-7-26-19(12-15)29-20-13-18(14-4-5-14)28-23(30-20)31(8-10-32)9-11-33/h1-3,6-7,12-14,32-33H,4-5,8-11H2,(H2,26,27,28,29,30,34). The summed E-state index contributed by atoms with van der Waals surface area (Å²) in [4.78, 5) is 27.9. The van der Waals surface area contributed by atoms with Gasteiger partial charge in [-0.25, -0.2) is 9.97 Å². The number of rotatable bonds is 10. The zero-order valence-corrected chi connectivity index (χ0v) is 19.7. The van der Waals surface area contributed by atoms with E-state index in [0.29, 0.717) is 42.3 Å². The minimum absolute atomic E-state index is 0.0848. The zero-order valence-electron chi connectivity index (χ0n) is 18.2. The third kappa shape index (κ3) is 5.92. The van der Waals surface area contributed by atoms with Gasteiger partial charge in [0, 0.05) is 43.0 Å². The predicted octanol–water partition coefficient (Wildman–Crippen LogP) is 3.84. The fourth-order valence-electron chi connectivity index (χ4n) is 3.42. The van der Waals surface area contributed by atoms with Crippen LogP contribution in [0.3, 0.4) is 0 Å². The number of aliphatic hydroxyl groups is 2. The van der Waals surface area contributed by atoms with Crippen molar-refractivity contribution in [2.75, 3.05) is 41.8 Å². The number of hydrogen-bond donors (Lipinski definition) is 4. The smallest absolute Gasteiger partial charge is 0.258 e. The van der Waals surface area contributed by atoms with E-state index in [-0.39, 0.29) is 28.8 Å². The number of aliphatic hydroxyl groups excluding tert-OH is 2. The second kappa shape index (κ2) is 11.0. The van der Waals surface area contributed by atoms with E-state index in [9.17, 15) is 15.0 Å². The van der Waals surface area contributed by atoms with E-state index < -0.39 is 5.91 Å². The molecule has 4 rings (SSSR count). The van der Waals surface area contributed by atoms with Crippen LogP contribution in [0.4, 0.5) is 23.3 Å². The first-order valence-corrected chi connectivity index (χ1v) is 11.6. The van der Waals surface area contributed by atoms with Crippen LogP contribution in [0.5, 0.6) is 0 Å². The van der Waals surface area contributed by atoms with Gasteiger partial charge in [-0.05, 0) is 31.0 Å². The Morgan fingerprint density at radius 1 is 1.03 bits per heavy atom. The predicted molar refractivity (Wildman–Crippen MR) is 132 cm³/mol. The van der Waals surface area contributed by atoms with Crippen molar-refractivity contribution in [1.82, 2.24) is 15.0 Å². The van der Waals surface area contributed by atoms with Crippen LogP contribution in [0.25, 0.3) is 0 Å². The zero-order chi connectivity index (χ0) is 24.1. The molecule has 1 aliphatic rings. The molecule has 0 bridgehead atoms. The molecule has 0 saturated heterocycles. The van der Waals surface area contributed by atoms with Gasteiger partial charge in [0.05, 0.1) is 34.5 Å². The molecule has 2 aromatic heterocycles. The summed E-state index contributed by atoms with van der Waals surface area (Å²) in [6.45, 7) is 0.439. The van der Waals surface area contributed by atoms with E-state index in [2.05, 4.69) is 25.6 Å². The fourth-order valence-corrected chi connectivity index (χ4v) is 3.99. The summed E-state index contributed by atoms with van der Waals surface area (Å²) in [5.74, 6) is 1.35. The molecule has 0 radical (unpaired) electrons. The molecular formula is C23H24Cl2N6O3. The van der Waals surface area contributed by atoms with Crippen LogP contribution < -0.4 is 15.5 Å². The number of carbonyl (C=O) groups excluding carboxylic acids is 1. The highest BCUT2D eigenvalue weighted by molar-refractivity contribution is 6.40. The maximum Gasteiger partial charge on any atom is 0.258 e. The molecule has 1 aliphatic carbocycles. The average Bonchev–Trinajstić information content (AvgIpc) is 3.64. The summed E-state index contributed by atoms with van der Waals surface area (Å²) < 4.78 is 0. The van der Waals surface area contributed by atoms with Crippen molar-refractivity contribution in [3.8, 4) is 0 Å². The van der Waals surface area contributed by atoms with Crippen LogP contribution >= 0.6 is 23.2 Å². The summed E-state index contributed by atoms with van der Waals surface area (Å²) in [5.41, 5.74) is 1.59. The molecule has 1 saturated carbocycles. The molecular weight excluding hydrogens is 479 g/mol. The highest BCUT2D eigenvalue weighted by Gasteiger charge is 2.27. The van der Waals surface area contributed by atoms with Crippen molar-refractivity contribution in [3.05, 3.63) is 63.9 Å². The first-order valence-electron chi connectivity index (χ1n) is 10.8. The lowest BCUT2D eigenvalue weighted by molar-refractivity contribution is 0.102. The van der Waals surface area contributed by atoms with Crippen LogP contribution in [-0.4, -0.2) is 57.4 Å². The van der Waals surface area contributed by atoms with Crippen molar-refractivity contribution in [2.24, 2.45) is 0 Å². The Morgan fingerprint density at radius 3 is 2.38 bits per heavy atom. The number of carbonyl (C=O) groups is 1. The summed E-state index contributed by atoms with van der Waals surface area (Å²) in [6, 6.07) is 10.1. The van der Waals surface area contributed by atoms with Crippen LogP contribution in [0, 0.1) is 0 Å². The van der Waals surface area contributed by atoms with Gasteiger partial charge in [0.15, 0.2) is 0 Å². The molecule has 0 unspecified atom stereocenters. The Morgan fingerprint density at radius 2 is 1.74 bits per heavy atom. The molecule has 1 aromatic carbocycles. The van der Waals surface area contributed by atoms with E-state index in [1.54, 1.807) is 41.4 Å². The van der Waals surface area contributed by atoms with Gasteiger partial charge < -0.3 is 25.7 Å². The molecule has 11 heteroatoms. The number of benzene rings is 1. The minimum atomic E-state index is -0.434. The second-order valence-electron chi connectivity index (χ2n) is 7.79. The normalized spacial score (nSPS) is 12.9. The third-order valence-electron chi connectivity index (χ3n) is 5.22. The number of amides is 1. The van der Waals surface area contributed by atoms with Gasteiger partial charge in [0.2, 0.25) is 5.95 Å². The maximum atomic E-state index is 12.7. The molecule has 2 heterocycles. The van der Waals surface area contributed by atoms with Gasteiger partial charge >= 0.3 is 0 Å². The summed E-state index contributed by atoms with van der Waals surface area (Å²) in [5, 5.41) is 25.2. The Hall–Kier alpha value is -2.98. The molecule has 4 N–H and O–H groups in total. The topological polar surface area (TPSA) is 124 Å². The van der Waals surface area contributed by atoms with Crippen molar-refractivity contribution >= 4 is 52.4 Å². The maximum absolute atomic E-state index is 12.7. The van der Waals surface area contributed by atoms with Crippen LogP contribution in [-0.2, 0) is 0 Å². The van der Waals surface area contributed by atoms with Gasteiger partial charge in [0.25, 0.3) is 5.91 Å². The summed E-state index contributed by atoms with van der Waals surface area (Å²) in [7, 11) is 0. The van der Waals surface area contributed by atoms with E-state index in [1.165, 1.54) is 0 Å². The minimum Gasteiger partial charge on any atom is -0.395 e. The number of pyridine rings is 1. The molecule has 3 aromatic rings. The van der Waals surface area contributed by atoms with Crippen molar-refractivity contribution in [3.63, 3.8) is 0 Å². The SMILES string of the molecule is O=C(Nc1ccnc(Nc2cc(C3CC3)nc(N(CCO)CCO)n2)c1)c1c(Cl)cccc1Cl. The lowest BCUT2D eigenvalue weighted by atomic mass is 10.2. The Kier molecular flexibility index (Phi) is 7.79. The summed E-state index contributed by atoms with van der Waals surface area (Å²) in [6.07, 6.45) is 3.67. The Balaban J connectivity index is 1.56. The monoisotopic (exact) mass is 502 g/mol. The van der Waals surface area contributed by atoms with E-state index >= 15 is 0 Å². The average molecular weight is 503 g/mol. The molecule has 9 nitrogen and oxygen atoms in total. The van der Waals surface area contributed by atoms with Gasteiger partial charge in [-0.1, -0.05) is 29.3 Å². The molecule has 178 valence electrons. The number of nitrogens with one attached hydrogen (secondary N) is 2. The van der Waals surface area contributed by atoms with E-state index in [4.69, 9.17) is 23.2 Å². The lowest BCUT2D eigenvalue weighted by Gasteiger charge is -2.22. The van der Waals surface area contributed by atoms with Crippen molar-refractivity contribution < 1.29 is 15.0 Å². The van der Waals surface area contributed by atoms with Gasteiger partial charge in [-0.2, -0.15) is 4.98 Å². The molecule has 0 atom stereocenters. The second-order valence-corrected chi connectivity index (χ2v) is 8.61. The highest BCUT2D eigenvalue weighted by atomic mass is 35.5. The first-order chi connectivity index (χ1) is 16.5. The number of aromatic nitrogens is 3. The first kappa shape index (κ1) is 24.2. The fraction of sp³-hybridized carbons (Fsp3) is 0.304. The van der Waals surface area contributed by atoms with Gasteiger partial charge in [-0.3, -0.25) is 4.79 Å². The quantitative estimate of drug-likeness (QED) is 0.329. The lowest BCUT2D eigenvalue weighted by Crippen LogP contribution is -2.31. The van der Waals surface area contributed by atoms with Crippen LogP contribution in [0.15, 0.2) is 42.6 Å². The molecule has 0 aliphatic heterocycles. The van der Waals surface area contributed by atoms with Gasteiger partial charge in [0.1, 0.15) is 11.6 Å². The highest BCUT2D eigenvalue weighted by Crippen LogP contribution is 2.40. The molecule has 1 fully saturated rings. The third-order valence-corrected chi connectivity index (χ3v) is 5.85. The molecule has 34 heavy (non-hydrogen) atoms. The summed E-state index contributed by atoms with van der Waals surface area (Å²) >= 11 is 12.3. The molecule has 1 amide bonds. The largest absolute Gasteiger partial charge is 0.395 e.